The monoisotopic (exact) mass is 380 g/mol. The van der Waals surface area contributed by atoms with Gasteiger partial charge in [0.2, 0.25) is 0 Å². The number of aromatic nitrogens is 1. The normalized spacial score (nSPS) is 12.9. The first kappa shape index (κ1) is 19.1. The summed E-state index contributed by atoms with van der Waals surface area (Å²) < 4.78 is 17.2. The molecule has 1 aromatic heterocycles. The molecular weight excluding hydrogens is 364 g/mol. The van der Waals surface area contributed by atoms with E-state index in [4.69, 9.17) is 16.3 Å². The van der Waals surface area contributed by atoms with Crippen LogP contribution in [0.15, 0.2) is 47.5 Å². The third kappa shape index (κ3) is 4.87. The summed E-state index contributed by atoms with van der Waals surface area (Å²) in [4.78, 5) is 28.8. The Morgan fingerprint density at radius 3 is 2.68 bits per heavy atom. The van der Waals surface area contributed by atoms with E-state index in [0.29, 0.717) is 16.3 Å². The number of esters is 1. The summed E-state index contributed by atoms with van der Waals surface area (Å²) in [6.07, 6.45) is 0.429. The molecule has 0 aliphatic heterocycles. The van der Waals surface area contributed by atoms with Crippen molar-refractivity contribution in [1.82, 2.24) is 4.98 Å². The fraction of sp³-hybridized carbons (Fsp3) is 0.235. The zero-order valence-electron chi connectivity index (χ0n) is 13.7. The van der Waals surface area contributed by atoms with Gasteiger partial charge >= 0.3 is 5.97 Å². The molecule has 2 rings (SSSR count). The number of hydrogen-bond acceptors (Lipinski definition) is 5. The van der Waals surface area contributed by atoms with Crippen molar-refractivity contribution < 1.29 is 18.5 Å². The SMILES string of the molecule is CC[S@](=O)c1ccccc1C(=O)O[C@H](C)C(=O)Nc1cccnc1Cl. The molecule has 8 heteroatoms. The Labute approximate surface area is 153 Å². The van der Waals surface area contributed by atoms with Crippen LogP contribution in [0.3, 0.4) is 0 Å². The molecule has 1 N–H and O–H groups in total. The van der Waals surface area contributed by atoms with Gasteiger partial charge in [-0.05, 0) is 31.2 Å². The molecule has 25 heavy (non-hydrogen) atoms. The molecule has 0 aliphatic carbocycles. The molecule has 1 amide bonds. The maximum absolute atomic E-state index is 12.3. The van der Waals surface area contributed by atoms with E-state index < -0.39 is 28.8 Å². The predicted octanol–water partition coefficient (Wildman–Crippen LogP) is 3.05. The van der Waals surface area contributed by atoms with Crippen LogP contribution in [-0.4, -0.2) is 32.9 Å². The molecule has 0 bridgehead atoms. The van der Waals surface area contributed by atoms with Gasteiger partial charge in [-0.15, -0.1) is 0 Å². The van der Waals surface area contributed by atoms with Crippen LogP contribution in [0.5, 0.6) is 0 Å². The summed E-state index contributed by atoms with van der Waals surface area (Å²) in [5, 5.41) is 2.68. The zero-order chi connectivity index (χ0) is 18.4. The molecular formula is C17H17ClN2O4S. The van der Waals surface area contributed by atoms with Gasteiger partial charge < -0.3 is 10.1 Å². The molecule has 2 atom stereocenters. The van der Waals surface area contributed by atoms with Crippen molar-refractivity contribution in [1.29, 1.82) is 0 Å². The van der Waals surface area contributed by atoms with E-state index in [-0.39, 0.29) is 10.7 Å². The first-order valence-electron chi connectivity index (χ1n) is 7.53. The number of rotatable bonds is 6. The number of carbonyl (C=O) groups is 2. The molecule has 0 radical (unpaired) electrons. The predicted molar refractivity (Wildman–Crippen MR) is 96.1 cm³/mol. The van der Waals surface area contributed by atoms with Crippen LogP contribution in [0.4, 0.5) is 5.69 Å². The number of carbonyl (C=O) groups excluding carboxylic acids is 2. The molecule has 0 saturated heterocycles. The minimum Gasteiger partial charge on any atom is -0.449 e. The lowest BCUT2D eigenvalue weighted by Crippen LogP contribution is -2.30. The highest BCUT2D eigenvalue weighted by atomic mass is 35.5. The number of amides is 1. The summed E-state index contributed by atoms with van der Waals surface area (Å²) in [5.41, 5.74) is 0.506. The number of hydrogen-bond donors (Lipinski definition) is 1. The summed E-state index contributed by atoms with van der Waals surface area (Å²) in [6, 6.07) is 9.67. The molecule has 2 aromatic rings. The topological polar surface area (TPSA) is 85.4 Å². The summed E-state index contributed by atoms with van der Waals surface area (Å²) >= 11 is 5.88. The lowest BCUT2D eigenvalue weighted by atomic mass is 10.2. The van der Waals surface area contributed by atoms with Crippen LogP contribution < -0.4 is 5.32 Å². The van der Waals surface area contributed by atoms with E-state index in [9.17, 15) is 13.8 Å². The molecule has 6 nitrogen and oxygen atoms in total. The van der Waals surface area contributed by atoms with E-state index in [0.717, 1.165) is 0 Å². The number of ether oxygens (including phenoxy) is 1. The van der Waals surface area contributed by atoms with Crippen molar-refractivity contribution in [3.05, 3.63) is 53.3 Å². The third-order valence-electron chi connectivity index (χ3n) is 3.28. The van der Waals surface area contributed by atoms with Crippen LogP contribution in [0.25, 0.3) is 0 Å². The Bertz CT molecular complexity index is 813. The van der Waals surface area contributed by atoms with E-state index in [1.165, 1.54) is 19.2 Å². The van der Waals surface area contributed by atoms with Crippen molar-refractivity contribution in [2.75, 3.05) is 11.1 Å². The zero-order valence-corrected chi connectivity index (χ0v) is 15.3. The highest BCUT2D eigenvalue weighted by Crippen LogP contribution is 2.19. The molecule has 1 aromatic carbocycles. The second-order valence-electron chi connectivity index (χ2n) is 5.01. The summed E-state index contributed by atoms with van der Waals surface area (Å²) in [6.45, 7) is 3.20. The van der Waals surface area contributed by atoms with Gasteiger partial charge in [-0.2, -0.15) is 0 Å². The molecule has 1 heterocycles. The standard InChI is InChI=1S/C17H17ClN2O4S/c1-3-25(23)14-9-5-4-7-12(14)17(22)24-11(2)16(21)20-13-8-6-10-19-15(13)18/h4-11H,3H2,1-2H3,(H,20,21)/t11-,25+/m1/s1. The number of pyridine rings is 1. The van der Waals surface area contributed by atoms with Gasteiger partial charge in [0.15, 0.2) is 11.3 Å². The van der Waals surface area contributed by atoms with Gasteiger partial charge in [0, 0.05) is 11.9 Å². The smallest absolute Gasteiger partial charge is 0.340 e. The van der Waals surface area contributed by atoms with E-state index in [1.807, 2.05) is 0 Å². The minimum atomic E-state index is -1.31. The van der Waals surface area contributed by atoms with Gasteiger partial charge in [-0.1, -0.05) is 30.7 Å². The van der Waals surface area contributed by atoms with Crippen LogP contribution >= 0.6 is 11.6 Å². The number of benzene rings is 1. The Balaban J connectivity index is 2.09. The first-order valence-corrected chi connectivity index (χ1v) is 9.23. The Kier molecular flexibility index (Phi) is 6.66. The van der Waals surface area contributed by atoms with Crippen molar-refractivity contribution in [2.24, 2.45) is 0 Å². The second-order valence-corrected chi connectivity index (χ2v) is 7.08. The van der Waals surface area contributed by atoms with Crippen LogP contribution in [0.2, 0.25) is 5.15 Å². The number of nitrogens with one attached hydrogen (secondary N) is 1. The lowest BCUT2D eigenvalue weighted by Gasteiger charge is -2.15. The van der Waals surface area contributed by atoms with Crippen LogP contribution in [0, 0.1) is 0 Å². The minimum absolute atomic E-state index is 0.137. The average molecular weight is 381 g/mol. The highest BCUT2D eigenvalue weighted by molar-refractivity contribution is 7.85. The highest BCUT2D eigenvalue weighted by Gasteiger charge is 2.22. The summed E-state index contributed by atoms with van der Waals surface area (Å²) in [7, 11) is -1.31. The molecule has 0 fully saturated rings. The van der Waals surface area contributed by atoms with Crippen LogP contribution in [0.1, 0.15) is 24.2 Å². The molecule has 0 aliphatic rings. The van der Waals surface area contributed by atoms with Crippen molar-refractivity contribution >= 4 is 40.0 Å². The van der Waals surface area contributed by atoms with Crippen LogP contribution in [-0.2, 0) is 20.3 Å². The van der Waals surface area contributed by atoms with Crippen molar-refractivity contribution in [3.63, 3.8) is 0 Å². The van der Waals surface area contributed by atoms with Gasteiger partial charge in [0.25, 0.3) is 5.91 Å². The maximum atomic E-state index is 12.3. The summed E-state index contributed by atoms with van der Waals surface area (Å²) in [5.74, 6) is -0.880. The fourth-order valence-electron chi connectivity index (χ4n) is 1.98. The third-order valence-corrected chi connectivity index (χ3v) is 4.96. The van der Waals surface area contributed by atoms with Crippen molar-refractivity contribution in [3.8, 4) is 0 Å². The Hall–Kier alpha value is -2.25. The largest absolute Gasteiger partial charge is 0.449 e. The van der Waals surface area contributed by atoms with Gasteiger partial charge in [-0.3, -0.25) is 9.00 Å². The Morgan fingerprint density at radius 1 is 1.28 bits per heavy atom. The molecule has 0 saturated carbocycles. The first-order chi connectivity index (χ1) is 11.9. The van der Waals surface area contributed by atoms with Gasteiger partial charge in [0.1, 0.15) is 0 Å². The lowest BCUT2D eigenvalue weighted by molar-refractivity contribution is -0.123. The number of halogens is 1. The average Bonchev–Trinajstić information content (AvgIpc) is 2.62. The Morgan fingerprint density at radius 2 is 2.00 bits per heavy atom. The second kappa shape index (κ2) is 8.73. The van der Waals surface area contributed by atoms with E-state index in [1.54, 1.807) is 37.3 Å². The van der Waals surface area contributed by atoms with Gasteiger partial charge in [0.05, 0.1) is 26.9 Å². The fourth-order valence-corrected chi connectivity index (χ4v) is 3.09. The van der Waals surface area contributed by atoms with E-state index >= 15 is 0 Å². The van der Waals surface area contributed by atoms with Gasteiger partial charge in [-0.25, -0.2) is 9.78 Å². The van der Waals surface area contributed by atoms with E-state index in [2.05, 4.69) is 10.3 Å². The number of anilines is 1. The molecule has 0 spiro atoms. The van der Waals surface area contributed by atoms with Crippen molar-refractivity contribution in [2.45, 2.75) is 24.8 Å². The molecule has 0 unspecified atom stereocenters. The maximum Gasteiger partial charge on any atom is 0.340 e. The number of nitrogens with zero attached hydrogens (tertiary/aromatic N) is 1. The molecule has 132 valence electrons. The quantitative estimate of drug-likeness (QED) is 0.615.